The predicted molar refractivity (Wildman–Crippen MR) is 152 cm³/mol. The van der Waals surface area contributed by atoms with Crippen LogP contribution in [0.25, 0.3) is 0 Å². The summed E-state index contributed by atoms with van der Waals surface area (Å²) in [4.78, 5) is 117. The Labute approximate surface area is 269 Å². The second-order valence-electron chi connectivity index (χ2n) is 11.4. The van der Waals surface area contributed by atoms with Crippen LogP contribution in [0, 0.1) is 47.3 Å². The van der Waals surface area contributed by atoms with E-state index in [1.54, 1.807) is 13.8 Å². The fourth-order valence-electron chi connectivity index (χ4n) is 6.51. The van der Waals surface area contributed by atoms with Gasteiger partial charge < -0.3 is 23.7 Å². The normalized spacial score (nSPS) is 31.1. The first-order valence-electron chi connectivity index (χ1n) is 15.3. The van der Waals surface area contributed by atoms with Crippen LogP contribution < -0.4 is 0 Å². The smallest absolute Gasteiger partial charge is 0.338 e. The van der Waals surface area contributed by atoms with Gasteiger partial charge in [0, 0.05) is 12.2 Å². The molecule has 4 saturated heterocycles. The number of hydrogen-bond donors (Lipinski definition) is 0. The van der Waals surface area contributed by atoms with Crippen molar-refractivity contribution in [3.8, 4) is 0 Å². The lowest BCUT2D eigenvalue weighted by Gasteiger charge is -2.19. The van der Waals surface area contributed by atoms with E-state index in [1.165, 1.54) is 0 Å². The molecule has 0 amide bonds. The summed E-state index contributed by atoms with van der Waals surface area (Å²) in [5, 5.41) is 0. The first kappa shape index (κ1) is 36.6. The number of cyclic esters (lactones) is 10. The maximum Gasteiger partial charge on any atom is 0.338 e. The van der Waals surface area contributed by atoms with Gasteiger partial charge in [-0.2, -0.15) is 0 Å². The minimum atomic E-state index is -0.883. The number of carbonyl (C=O) groups is 10. The molecule has 0 bridgehead atoms. The van der Waals surface area contributed by atoms with Crippen LogP contribution >= 0.6 is 0 Å². The highest BCUT2D eigenvalue weighted by Crippen LogP contribution is 2.40. The Morgan fingerprint density at radius 2 is 0.574 bits per heavy atom. The van der Waals surface area contributed by atoms with Gasteiger partial charge >= 0.3 is 59.7 Å². The molecule has 0 spiro atoms. The molecule has 15 nitrogen and oxygen atoms in total. The molecule has 5 aliphatic rings. The molecule has 254 valence electrons. The molecule has 0 aromatic rings. The van der Waals surface area contributed by atoms with Crippen molar-refractivity contribution in [1.29, 1.82) is 0 Å². The molecular weight excluding hydrogens is 624 g/mol. The van der Waals surface area contributed by atoms with Gasteiger partial charge in [-0.1, -0.05) is 13.8 Å². The Hall–Kier alpha value is -4.82. The Kier molecular flexibility index (Phi) is 12.6. The highest BCUT2D eigenvalue weighted by atomic mass is 16.6. The SMILES string of the molecule is C=C.CCC1C(=O)OC(=O)C1CCC1C(=O)OC(=O)C1CCC1C(=O)OC(=O)C1CCC1C(=O)OC(=O)C1CC.O=C1C=CC(=O)O1. The van der Waals surface area contributed by atoms with Crippen molar-refractivity contribution in [2.75, 3.05) is 0 Å². The van der Waals surface area contributed by atoms with Gasteiger partial charge in [-0.25, -0.2) is 9.59 Å². The topological polar surface area (TPSA) is 217 Å². The van der Waals surface area contributed by atoms with Crippen LogP contribution in [0.15, 0.2) is 25.3 Å². The van der Waals surface area contributed by atoms with E-state index in [4.69, 9.17) is 18.9 Å². The highest BCUT2D eigenvalue weighted by Gasteiger charge is 2.50. The van der Waals surface area contributed by atoms with Crippen LogP contribution in [-0.2, 0) is 71.6 Å². The van der Waals surface area contributed by atoms with Crippen molar-refractivity contribution in [2.45, 2.75) is 65.2 Å². The van der Waals surface area contributed by atoms with E-state index in [9.17, 15) is 47.9 Å². The van der Waals surface area contributed by atoms with Crippen molar-refractivity contribution >= 4 is 59.7 Å². The summed E-state index contributed by atoms with van der Waals surface area (Å²) in [7, 11) is 0. The third kappa shape index (κ3) is 8.32. The number of rotatable bonds is 11. The largest absolute Gasteiger partial charge is 0.393 e. The molecule has 47 heavy (non-hydrogen) atoms. The van der Waals surface area contributed by atoms with E-state index in [2.05, 4.69) is 17.9 Å². The van der Waals surface area contributed by atoms with Crippen LogP contribution in [0.4, 0.5) is 0 Å². The van der Waals surface area contributed by atoms with Crippen molar-refractivity contribution in [2.24, 2.45) is 47.3 Å². The van der Waals surface area contributed by atoms with Gasteiger partial charge in [-0.15, -0.1) is 13.2 Å². The van der Waals surface area contributed by atoms with E-state index in [-0.39, 0.29) is 38.5 Å². The van der Waals surface area contributed by atoms with E-state index in [0.717, 1.165) is 12.2 Å². The van der Waals surface area contributed by atoms with Gasteiger partial charge in [0.1, 0.15) is 0 Å². The summed E-state index contributed by atoms with van der Waals surface area (Å²) in [6.07, 6.45) is 3.65. The average molecular weight is 661 g/mol. The van der Waals surface area contributed by atoms with Gasteiger partial charge in [0.05, 0.1) is 47.3 Å². The molecule has 4 fully saturated rings. The Balaban J connectivity index is 0.000000582. The lowest BCUT2D eigenvalue weighted by Crippen LogP contribution is -2.25. The van der Waals surface area contributed by atoms with Crippen molar-refractivity contribution < 1.29 is 71.6 Å². The molecule has 0 saturated carbocycles. The van der Waals surface area contributed by atoms with E-state index in [0.29, 0.717) is 12.8 Å². The van der Waals surface area contributed by atoms with Crippen LogP contribution in [0.3, 0.4) is 0 Å². The minimum absolute atomic E-state index is 0.0611. The monoisotopic (exact) mass is 660 g/mol. The zero-order chi connectivity index (χ0) is 35.0. The number of hydrogen-bond acceptors (Lipinski definition) is 15. The van der Waals surface area contributed by atoms with Crippen LogP contribution in [0.1, 0.15) is 65.2 Å². The Morgan fingerprint density at radius 1 is 0.383 bits per heavy atom. The molecule has 5 rings (SSSR count). The lowest BCUT2D eigenvalue weighted by atomic mass is 9.78. The van der Waals surface area contributed by atoms with Gasteiger partial charge in [0.2, 0.25) is 0 Å². The van der Waals surface area contributed by atoms with Crippen molar-refractivity contribution in [3.63, 3.8) is 0 Å². The zero-order valence-corrected chi connectivity index (χ0v) is 26.0. The maximum absolute atomic E-state index is 12.4. The Bertz CT molecular complexity index is 1280. The first-order chi connectivity index (χ1) is 22.4. The van der Waals surface area contributed by atoms with Crippen molar-refractivity contribution in [3.05, 3.63) is 25.3 Å². The van der Waals surface area contributed by atoms with Crippen LogP contribution in [0.5, 0.6) is 0 Å². The summed E-state index contributed by atoms with van der Waals surface area (Å²) in [6, 6.07) is 0. The van der Waals surface area contributed by atoms with Crippen molar-refractivity contribution in [1.82, 2.24) is 0 Å². The second-order valence-corrected chi connectivity index (χ2v) is 11.4. The summed E-state index contributed by atoms with van der Waals surface area (Å²) in [5.74, 6) is -12.7. The Morgan fingerprint density at radius 3 is 0.745 bits per heavy atom. The number of ether oxygens (including phenoxy) is 5. The summed E-state index contributed by atoms with van der Waals surface area (Å²) < 4.78 is 23.0. The fourth-order valence-corrected chi connectivity index (χ4v) is 6.51. The molecule has 15 heteroatoms. The third-order valence-electron chi connectivity index (χ3n) is 8.97. The van der Waals surface area contributed by atoms with Crippen LogP contribution in [0.2, 0.25) is 0 Å². The molecule has 8 unspecified atom stereocenters. The number of esters is 10. The predicted octanol–water partition coefficient (Wildman–Crippen LogP) is 1.84. The number of carbonyl (C=O) groups excluding carboxylic acids is 10. The molecule has 0 aromatic heterocycles. The van der Waals surface area contributed by atoms with Gasteiger partial charge in [0.15, 0.2) is 0 Å². The molecule has 5 heterocycles. The second kappa shape index (κ2) is 16.1. The first-order valence-corrected chi connectivity index (χ1v) is 15.3. The lowest BCUT2D eigenvalue weighted by molar-refractivity contribution is -0.156. The molecule has 0 N–H and O–H groups in total. The van der Waals surface area contributed by atoms with Crippen LogP contribution in [-0.4, -0.2) is 59.7 Å². The summed E-state index contributed by atoms with van der Waals surface area (Å²) in [6.45, 7) is 9.50. The molecule has 0 aromatic carbocycles. The molecule has 8 atom stereocenters. The van der Waals surface area contributed by atoms with Gasteiger partial charge in [-0.3, -0.25) is 38.4 Å². The molecule has 0 radical (unpaired) electrons. The summed E-state index contributed by atoms with van der Waals surface area (Å²) >= 11 is 0. The molecular formula is C32H36O15. The maximum atomic E-state index is 12.4. The fraction of sp³-hybridized carbons (Fsp3) is 0.562. The quantitative estimate of drug-likeness (QED) is 0.134. The summed E-state index contributed by atoms with van der Waals surface area (Å²) in [5.41, 5.74) is 0. The third-order valence-corrected chi connectivity index (χ3v) is 8.97. The van der Waals surface area contributed by atoms with E-state index < -0.39 is 107 Å². The average Bonchev–Trinajstić information content (AvgIpc) is 3.77. The van der Waals surface area contributed by atoms with E-state index >= 15 is 0 Å². The standard InChI is InChI=1S/C26H30O12.C4H2O3.C2H4/c1-3-11-13(21(29)35-19(11)27)5-7-15-17(25(33)37-23(15)31)9-10-18-16(24(32)38-26(18)34)8-6-14-12(4-2)20(28)36-22(14)30;5-3-1-2-4(6)7-3;1-2/h11-18H,3-10H2,1-2H3;1-2H;1-2H2. The molecule has 5 aliphatic heterocycles. The highest BCUT2D eigenvalue weighted by molar-refractivity contribution is 6.05. The van der Waals surface area contributed by atoms with E-state index in [1.807, 2.05) is 0 Å². The van der Waals surface area contributed by atoms with Gasteiger partial charge in [-0.05, 0) is 51.4 Å². The minimum Gasteiger partial charge on any atom is -0.393 e. The molecule has 0 aliphatic carbocycles. The van der Waals surface area contributed by atoms with Gasteiger partial charge in [0.25, 0.3) is 0 Å². The zero-order valence-electron chi connectivity index (χ0n) is 26.0.